The molecule has 1 atom stereocenters. The molecule has 0 aliphatic rings. The summed E-state index contributed by atoms with van der Waals surface area (Å²) in [5, 5.41) is 3.46. The Kier molecular flexibility index (Phi) is 6.72. The monoisotopic (exact) mass is 313 g/mol. The van der Waals surface area contributed by atoms with E-state index >= 15 is 0 Å². The molecule has 0 heterocycles. The Hall–Kier alpha value is -0.540. The summed E-state index contributed by atoms with van der Waals surface area (Å²) in [7, 11) is 1.73. The lowest BCUT2D eigenvalue weighted by molar-refractivity contribution is 0.402. The normalized spacial score (nSPS) is 12.8. The SMILES string of the molecule is COc1ccc(Br)cc1CC(C)CCNC(C)C. The topological polar surface area (TPSA) is 21.3 Å². The number of hydrogen-bond acceptors (Lipinski definition) is 2. The molecule has 0 aliphatic heterocycles. The highest BCUT2D eigenvalue weighted by Crippen LogP contribution is 2.26. The third-order valence-corrected chi connectivity index (χ3v) is 3.49. The number of ether oxygens (including phenoxy) is 1. The van der Waals surface area contributed by atoms with Gasteiger partial charge in [-0.3, -0.25) is 0 Å². The van der Waals surface area contributed by atoms with Gasteiger partial charge in [-0.1, -0.05) is 36.7 Å². The second-order valence-electron chi connectivity index (χ2n) is 5.16. The molecular formula is C15H24BrNO. The van der Waals surface area contributed by atoms with Crippen molar-refractivity contribution in [2.45, 2.75) is 39.7 Å². The van der Waals surface area contributed by atoms with E-state index in [0.717, 1.165) is 23.2 Å². The molecule has 1 rings (SSSR count). The lowest BCUT2D eigenvalue weighted by Gasteiger charge is -2.16. The maximum Gasteiger partial charge on any atom is 0.122 e. The molecule has 1 aromatic carbocycles. The first-order chi connectivity index (χ1) is 8.52. The molecule has 1 aromatic rings. The fourth-order valence-corrected chi connectivity index (χ4v) is 2.41. The number of hydrogen-bond donors (Lipinski definition) is 1. The molecule has 0 amide bonds. The van der Waals surface area contributed by atoms with Crippen molar-refractivity contribution in [3.8, 4) is 5.75 Å². The van der Waals surface area contributed by atoms with E-state index < -0.39 is 0 Å². The average molecular weight is 314 g/mol. The predicted molar refractivity (Wildman–Crippen MR) is 81.3 cm³/mol. The lowest BCUT2D eigenvalue weighted by Crippen LogP contribution is -2.25. The van der Waals surface area contributed by atoms with Gasteiger partial charge in [0.15, 0.2) is 0 Å². The van der Waals surface area contributed by atoms with Crippen LogP contribution in [0.15, 0.2) is 22.7 Å². The molecule has 0 aliphatic carbocycles. The van der Waals surface area contributed by atoms with Gasteiger partial charge >= 0.3 is 0 Å². The van der Waals surface area contributed by atoms with E-state index in [9.17, 15) is 0 Å². The predicted octanol–water partition coefficient (Wildman–Crippen LogP) is 4.02. The molecule has 0 spiro atoms. The van der Waals surface area contributed by atoms with Crippen molar-refractivity contribution in [1.82, 2.24) is 5.32 Å². The zero-order valence-corrected chi connectivity index (χ0v) is 13.4. The van der Waals surface area contributed by atoms with Gasteiger partial charge in [0.25, 0.3) is 0 Å². The minimum absolute atomic E-state index is 0.567. The fourth-order valence-electron chi connectivity index (χ4n) is 2.00. The van der Waals surface area contributed by atoms with Crippen molar-refractivity contribution >= 4 is 15.9 Å². The van der Waals surface area contributed by atoms with E-state index in [2.05, 4.69) is 48.1 Å². The summed E-state index contributed by atoms with van der Waals surface area (Å²) in [6, 6.07) is 6.77. The van der Waals surface area contributed by atoms with E-state index in [1.807, 2.05) is 12.1 Å². The zero-order chi connectivity index (χ0) is 13.5. The summed E-state index contributed by atoms with van der Waals surface area (Å²) >= 11 is 3.52. The van der Waals surface area contributed by atoms with Gasteiger partial charge in [-0.25, -0.2) is 0 Å². The van der Waals surface area contributed by atoms with Crippen LogP contribution in [0, 0.1) is 5.92 Å². The van der Waals surface area contributed by atoms with Gasteiger partial charge in [0.2, 0.25) is 0 Å². The summed E-state index contributed by atoms with van der Waals surface area (Å²) in [4.78, 5) is 0. The Morgan fingerprint density at radius 2 is 2.00 bits per heavy atom. The maximum atomic E-state index is 5.41. The average Bonchev–Trinajstić information content (AvgIpc) is 2.28. The molecule has 0 bridgehead atoms. The lowest BCUT2D eigenvalue weighted by atomic mass is 9.97. The molecule has 0 fully saturated rings. The third-order valence-electron chi connectivity index (χ3n) is 3.00. The second kappa shape index (κ2) is 7.80. The Morgan fingerprint density at radius 1 is 1.28 bits per heavy atom. The van der Waals surface area contributed by atoms with Gasteiger partial charge in [-0.2, -0.15) is 0 Å². The molecule has 0 radical (unpaired) electrons. The smallest absolute Gasteiger partial charge is 0.122 e. The molecule has 1 N–H and O–H groups in total. The highest BCUT2D eigenvalue weighted by Gasteiger charge is 2.09. The van der Waals surface area contributed by atoms with Gasteiger partial charge < -0.3 is 10.1 Å². The summed E-state index contributed by atoms with van der Waals surface area (Å²) in [5.74, 6) is 1.64. The molecule has 0 saturated carbocycles. The molecule has 0 aromatic heterocycles. The highest BCUT2D eigenvalue weighted by atomic mass is 79.9. The molecule has 3 heteroatoms. The minimum atomic E-state index is 0.567. The van der Waals surface area contributed by atoms with E-state index in [4.69, 9.17) is 4.74 Å². The largest absolute Gasteiger partial charge is 0.496 e. The first-order valence-electron chi connectivity index (χ1n) is 6.58. The van der Waals surface area contributed by atoms with Crippen molar-refractivity contribution in [3.63, 3.8) is 0 Å². The van der Waals surface area contributed by atoms with Crippen molar-refractivity contribution < 1.29 is 4.74 Å². The number of nitrogens with one attached hydrogen (secondary N) is 1. The van der Waals surface area contributed by atoms with Crippen molar-refractivity contribution in [3.05, 3.63) is 28.2 Å². The first-order valence-corrected chi connectivity index (χ1v) is 7.38. The standard InChI is InChI=1S/C15H24BrNO/c1-11(2)17-8-7-12(3)9-13-10-14(16)5-6-15(13)18-4/h5-6,10-12,17H,7-9H2,1-4H3. The summed E-state index contributed by atoms with van der Waals surface area (Å²) in [6.07, 6.45) is 2.25. The number of halogens is 1. The quantitative estimate of drug-likeness (QED) is 0.820. The van der Waals surface area contributed by atoms with E-state index in [0.29, 0.717) is 12.0 Å². The molecular weight excluding hydrogens is 290 g/mol. The van der Waals surface area contributed by atoms with Crippen LogP contribution in [-0.4, -0.2) is 19.7 Å². The second-order valence-corrected chi connectivity index (χ2v) is 6.08. The molecule has 102 valence electrons. The zero-order valence-electron chi connectivity index (χ0n) is 11.8. The Bertz CT molecular complexity index is 366. The van der Waals surface area contributed by atoms with Crippen LogP contribution in [0.4, 0.5) is 0 Å². The van der Waals surface area contributed by atoms with Crippen LogP contribution in [0.25, 0.3) is 0 Å². The van der Waals surface area contributed by atoms with Crippen LogP contribution in [0.1, 0.15) is 32.8 Å². The van der Waals surface area contributed by atoms with Gasteiger partial charge in [-0.15, -0.1) is 0 Å². The van der Waals surface area contributed by atoms with Crippen LogP contribution >= 0.6 is 15.9 Å². The Labute approximate surface area is 119 Å². The van der Waals surface area contributed by atoms with Crippen molar-refractivity contribution in [1.29, 1.82) is 0 Å². The maximum absolute atomic E-state index is 5.41. The van der Waals surface area contributed by atoms with Gasteiger partial charge in [0.05, 0.1) is 7.11 Å². The van der Waals surface area contributed by atoms with E-state index in [-0.39, 0.29) is 0 Å². The van der Waals surface area contributed by atoms with E-state index in [1.54, 1.807) is 7.11 Å². The van der Waals surface area contributed by atoms with E-state index in [1.165, 1.54) is 12.0 Å². The summed E-state index contributed by atoms with van der Waals surface area (Å²) in [6.45, 7) is 7.74. The fraction of sp³-hybridized carbons (Fsp3) is 0.600. The number of methoxy groups -OCH3 is 1. The summed E-state index contributed by atoms with van der Waals surface area (Å²) in [5.41, 5.74) is 1.28. The number of rotatable bonds is 7. The van der Waals surface area contributed by atoms with Crippen LogP contribution in [0.3, 0.4) is 0 Å². The van der Waals surface area contributed by atoms with Crippen molar-refractivity contribution in [2.75, 3.05) is 13.7 Å². The highest BCUT2D eigenvalue weighted by molar-refractivity contribution is 9.10. The van der Waals surface area contributed by atoms with Crippen LogP contribution in [-0.2, 0) is 6.42 Å². The van der Waals surface area contributed by atoms with Crippen LogP contribution in [0.2, 0.25) is 0 Å². The van der Waals surface area contributed by atoms with Crippen LogP contribution in [0.5, 0.6) is 5.75 Å². The van der Waals surface area contributed by atoms with Gasteiger partial charge in [-0.05, 0) is 49.1 Å². The Morgan fingerprint density at radius 3 is 2.61 bits per heavy atom. The van der Waals surface area contributed by atoms with Crippen molar-refractivity contribution in [2.24, 2.45) is 5.92 Å². The molecule has 18 heavy (non-hydrogen) atoms. The van der Waals surface area contributed by atoms with Crippen LogP contribution < -0.4 is 10.1 Å². The number of benzene rings is 1. The first kappa shape index (κ1) is 15.5. The molecule has 0 saturated heterocycles. The van der Waals surface area contributed by atoms with Gasteiger partial charge in [0, 0.05) is 10.5 Å². The Balaban J connectivity index is 2.52. The van der Waals surface area contributed by atoms with Gasteiger partial charge in [0.1, 0.15) is 5.75 Å². The third kappa shape index (κ3) is 5.40. The molecule has 1 unspecified atom stereocenters. The molecule has 2 nitrogen and oxygen atoms in total. The summed E-state index contributed by atoms with van der Waals surface area (Å²) < 4.78 is 6.52. The minimum Gasteiger partial charge on any atom is -0.496 e.